The number of aromatic nitrogens is 1. The molecule has 1 saturated heterocycles. The first-order valence-corrected chi connectivity index (χ1v) is 11.9. The van der Waals surface area contributed by atoms with Crippen molar-refractivity contribution in [2.75, 3.05) is 0 Å². The van der Waals surface area contributed by atoms with Gasteiger partial charge in [-0.25, -0.2) is 9.18 Å². The molecule has 0 bridgehead atoms. The molecular weight excluding hydrogens is 479 g/mol. The van der Waals surface area contributed by atoms with Crippen LogP contribution in [0.1, 0.15) is 56.4 Å². The Morgan fingerprint density at radius 2 is 1.91 bits per heavy atom. The molecule has 3 atom stereocenters. The lowest BCUT2D eigenvalue weighted by molar-refractivity contribution is -0.142. The molecule has 5 N–H and O–H groups in total. The molecule has 2 fully saturated rings. The van der Waals surface area contributed by atoms with E-state index < -0.39 is 47.1 Å². The SMILES string of the molecule is CC1(C)C[C@@H](CC(NC(=O)C(CC2CC2)NC(=O)c2cc3ccc(F)c(Cl)c3[nH]2)C(=O)O)C(=O)N1. The van der Waals surface area contributed by atoms with Crippen LogP contribution in [0.4, 0.5) is 4.39 Å². The predicted octanol–water partition coefficient (Wildman–Crippen LogP) is 2.73. The maximum atomic E-state index is 13.7. The van der Waals surface area contributed by atoms with Crippen LogP contribution >= 0.6 is 11.6 Å². The Balaban J connectivity index is 1.46. The van der Waals surface area contributed by atoms with E-state index in [2.05, 4.69) is 20.9 Å². The topological polar surface area (TPSA) is 140 Å². The summed E-state index contributed by atoms with van der Waals surface area (Å²) in [6.45, 7) is 3.71. The van der Waals surface area contributed by atoms with E-state index in [0.29, 0.717) is 18.2 Å². The number of carboxylic acids is 1. The number of fused-ring (bicyclic) bond motifs is 1. The van der Waals surface area contributed by atoms with E-state index >= 15 is 0 Å². The summed E-state index contributed by atoms with van der Waals surface area (Å²) < 4.78 is 13.7. The van der Waals surface area contributed by atoms with Crippen molar-refractivity contribution in [3.05, 3.63) is 34.7 Å². The van der Waals surface area contributed by atoms with E-state index in [1.165, 1.54) is 18.2 Å². The molecule has 4 rings (SSSR count). The molecule has 2 heterocycles. The molecule has 3 amide bonds. The van der Waals surface area contributed by atoms with Crippen LogP contribution in [-0.2, 0) is 14.4 Å². The van der Waals surface area contributed by atoms with Gasteiger partial charge in [-0.3, -0.25) is 14.4 Å². The third-order valence-corrected chi connectivity index (χ3v) is 6.91. The van der Waals surface area contributed by atoms with Crippen molar-refractivity contribution in [1.82, 2.24) is 20.9 Å². The zero-order valence-corrected chi connectivity index (χ0v) is 20.2. The van der Waals surface area contributed by atoms with E-state index in [9.17, 15) is 28.7 Å². The number of aliphatic carboxylic acids is 1. The Bertz CT molecular complexity index is 1190. The van der Waals surface area contributed by atoms with Crippen LogP contribution in [0, 0.1) is 17.7 Å². The maximum Gasteiger partial charge on any atom is 0.326 e. The Morgan fingerprint density at radius 3 is 2.51 bits per heavy atom. The standard InChI is InChI=1S/C24H28ClFN4O5/c1-24(2)10-13(20(31)30-24)9-17(23(34)35)29-21(32)15(7-11-3-4-11)28-22(33)16-8-12-5-6-14(26)18(25)19(12)27-16/h5-6,8,11,13,15,17,27H,3-4,7,9-10H2,1-2H3,(H,28,33)(H,29,32)(H,30,31)(H,34,35)/t13-,15?,17?/m1/s1. The van der Waals surface area contributed by atoms with Gasteiger partial charge in [-0.15, -0.1) is 0 Å². The predicted molar refractivity (Wildman–Crippen MR) is 126 cm³/mol. The van der Waals surface area contributed by atoms with Crippen LogP contribution < -0.4 is 16.0 Å². The summed E-state index contributed by atoms with van der Waals surface area (Å²) in [5, 5.41) is 18.1. The lowest BCUT2D eigenvalue weighted by Gasteiger charge is -2.22. The summed E-state index contributed by atoms with van der Waals surface area (Å²) in [5.74, 6) is -3.64. The molecule has 0 radical (unpaired) electrons. The average Bonchev–Trinajstić information content (AvgIpc) is 3.41. The second-order valence-corrected chi connectivity index (χ2v) is 10.5. The minimum absolute atomic E-state index is 0.0491. The van der Waals surface area contributed by atoms with Crippen molar-refractivity contribution in [1.29, 1.82) is 0 Å². The highest BCUT2D eigenvalue weighted by atomic mass is 35.5. The summed E-state index contributed by atoms with van der Waals surface area (Å²) >= 11 is 5.98. The summed E-state index contributed by atoms with van der Waals surface area (Å²) in [4.78, 5) is 52.9. The van der Waals surface area contributed by atoms with Crippen LogP contribution in [0.5, 0.6) is 0 Å². The van der Waals surface area contributed by atoms with Crippen LogP contribution in [0.15, 0.2) is 18.2 Å². The molecule has 11 heteroatoms. The molecule has 0 spiro atoms. The summed E-state index contributed by atoms with van der Waals surface area (Å²) in [6, 6.07) is 1.94. The number of H-pyrrole nitrogens is 1. The molecule has 35 heavy (non-hydrogen) atoms. The molecule has 2 aliphatic rings. The van der Waals surface area contributed by atoms with Gasteiger partial charge >= 0.3 is 5.97 Å². The number of hydrogen-bond acceptors (Lipinski definition) is 4. The molecule has 9 nitrogen and oxygen atoms in total. The van der Waals surface area contributed by atoms with Crippen molar-refractivity contribution in [3.63, 3.8) is 0 Å². The van der Waals surface area contributed by atoms with E-state index in [1.807, 2.05) is 13.8 Å². The molecule has 1 saturated carbocycles. The molecule has 1 aliphatic carbocycles. The van der Waals surface area contributed by atoms with Gasteiger partial charge in [0.15, 0.2) is 0 Å². The normalized spacial score (nSPS) is 20.8. The van der Waals surface area contributed by atoms with Gasteiger partial charge in [-0.2, -0.15) is 0 Å². The number of halogens is 2. The highest BCUT2D eigenvalue weighted by molar-refractivity contribution is 6.35. The first-order chi connectivity index (χ1) is 16.4. The van der Waals surface area contributed by atoms with Gasteiger partial charge in [-0.05, 0) is 57.2 Å². The van der Waals surface area contributed by atoms with Gasteiger partial charge in [0.25, 0.3) is 5.91 Å². The van der Waals surface area contributed by atoms with Crippen molar-refractivity contribution >= 4 is 46.2 Å². The fourth-order valence-corrected chi connectivity index (χ4v) is 4.80. The van der Waals surface area contributed by atoms with Crippen LogP contribution in [0.25, 0.3) is 10.9 Å². The number of nitrogens with one attached hydrogen (secondary N) is 4. The van der Waals surface area contributed by atoms with Gasteiger partial charge in [0.2, 0.25) is 11.8 Å². The summed E-state index contributed by atoms with van der Waals surface area (Å²) in [6.07, 6.45) is 2.60. The number of carboxylic acid groups (broad SMARTS) is 1. The quantitative estimate of drug-likeness (QED) is 0.355. The van der Waals surface area contributed by atoms with E-state index in [4.69, 9.17) is 11.6 Å². The number of rotatable bonds is 9. The number of amides is 3. The minimum Gasteiger partial charge on any atom is -0.480 e. The number of carbonyl (C=O) groups is 4. The fourth-order valence-electron chi connectivity index (χ4n) is 4.58. The van der Waals surface area contributed by atoms with Crippen molar-refractivity contribution in [2.45, 2.75) is 63.6 Å². The highest BCUT2D eigenvalue weighted by Gasteiger charge is 2.40. The largest absolute Gasteiger partial charge is 0.480 e. The maximum absolute atomic E-state index is 13.7. The fraction of sp³-hybridized carbons (Fsp3) is 0.500. The first kappa shape index (κ1) is 25.0. The van der Waals surface area contributed by atoms with Crippen molar-refractivity contribution in [2.24, 2.45) is 11.8 Å². The zero-order chi connectivity index (χ0) is 25.5. The Hall–Kier alpha value is -3.14. The number of hydrogen-bond donors (Lipinski definition) is 5. The van der Waals surface area contributed by atoms with Gasteiger partial charge in [0.05, 0.1) is 5.52 Å². The average molecular weight is 507 g/mol. The molecule has 188 valence electrons. The van der Waals surface area contributed by atoms with Gasteiger partial charge < -0.3 is 26.0 Å². The number of benzene rings is 1. The molecule has 1 aliphatic heterocycles. The zero-order valence-electron chi connectivity index (χ0n) is 19.4. The summed E-state index contributed by atoms with van der Waals surface area (Å²) in [5.41, 5.74) is -0.0765. The smallest absolute Gasteiger partial charge is 0.326 e. The van der Waals surface area contributed by atoms with Crippen LogP contribution in [0.2, 0.25) is 5.02 Å². The second kappa shape index (κ2) is 9.49. The third kappa shape index (κ3) is 5.75. The Morgan fingerprint density at radius 1 is 1.20 bits per heavy atom. The van der Waals surface area contributed by atoms with Gasteiger partial charge in [0.1, 0.15) is 28.6 Å². The molecular formula is C24H28ClFN4O5. The lowest BCUT2D eigenvalue weighted by atomic mass is 9.91. The Kier molecular flexibility index (Phi) is 6.77. The minimum atomic E-state index is -1.28. The lowest BCUT2D eigenvalue weighted by Crippen LogP contribution is -2.52. The number of aromatic amines is 1. The highest BCUT2D eigenvalue weighted by Crippen LogP contribution is 2.34. The summed E-state index contributed by atoms with van der Waals surface area (Å²) in [7, 11) is 0. The van der Waals surface area contributed by atoms with Gasteiger partial charge in [0, 0.05) is 16.8 Å². The van der Waals surface area contributed by atoms with Gasteiger partial charge in [-0.1, -0.05) is 24.4 Å². The number of carbonyl (C=O) groups excluding carboxylic acids is 3. The molecule has 1 aromatic heterocycles. The Labute approximate surface area is 206 Å². The monoisotopic (exact) mass is 506 g/mol. The van der Waals surface area contributed by atoms with E-state index in [0.717, 1.165) is 12.8 Å². The van der Waals surface area contributed by atoms with Crippen molar-refractivity contribution < 1.29 is 28.7 Å². The van der Waals surface area contributed by atoms with Crippen LogP contribution in [0.3, 0.4) is 0 Å². The van der Waals surface area contributed by atoms with E-state index in [1.54, 1.807) is 0 Å². The first-order valence-electron chi connectivity index (χ1n) is 11.6. The molecule has 2 unspecified atom stereocenters. The van der Waals surface area contributed by atoms with Crippen molar-refractivity contribution in [3.8, 4) is 0 Å². The molecule has 2 aromatic rings. The molecule has 1 aromatic carbocycles. The second-order valence-electron chi connectivity index (χ2n) is 10.1. The third-order valence-electron chi connectivity index (χ3n) is 6.54. The van der Waals surface area contributed by atoms with Crippen LogP contribution in [-0.4, -0.2) is 51.4 Å². The van der Waals surface area contributed by atoms with E-state index in [-0.39, 0.29) is 34.5 Å².